The Morgan fingerprint density at radius 3 is 2.53 bits per heavy atom. The first kappa shape index (κ1) is 11.0. The highest BCUT2D eigenvalue weighted by atomic mass is 79.9. The van der Waals surface area contributed by atoms with Crippen molar-refractivity contribution in [1.29, 1.82) is 0 Å². The maximum atomic E-state index is 11.6. The molecule has 0 bridgehead atoms. The molecule has 1 aromatic carbocycles. The van der Waals surface area contributed by atoms with E-state index in [0.717, 1.165) is 19.3 Å². The molecule has 3 rings (SSSR count). The molecule has 0 amide bonds. The lowest BCUT2D eigenvalue weighted by Crippen LogP contribution is -2.45. The molecule has 0 atom stereocenters. The van der Waals surface area contributed by atoms with Gasteiger partial charge in [-0.25, -0.2) is 0 Å². The van der Waals surface area contributed by atoms with E-state index in [0.29, 0.717) is 21.5 Å². The van der Waals surface area contributed by atoms with Crippen LogP contribution in [0.2, 0.25) is 0 Å². The van der Waals surface area contributed by atoms with Gasteiger partial charge in [-0.05, 0) is 34.5 Å². The molecule has 1 aromatic rings. The fraction of sp³-hybridized carbons (Fsp3) is 0.417. The third-order valence-corrected chi connectivity index (χ3v) is 3.88. The Hall–Kier alpha value is -1.07. The van der Waals surface area contributed by atoms with E-state index >= 15 is 0 Å². The SMILES string of the molecule is NCC(=O)c1cc2c(cc1Br)OC1(CCC1)O2. The predicted molar refractivity (Wildman–Crippen MR) is 65.4 cm³/mol. The number of carbonyl (C=O) groups excluding carboxylic acids is 1. The van der Waals surface area contributed by atoms with Crippen molar-refractivity contribution in [3.8, 4) is 11.5 Å². The van der Waals surface area contributed by atoms with E-state index in [2.05, 4.69) is 15.9 Å². The number of nitrogens with two attached hydrogens (primary N) is 1. The van der Waals surface area contributed by atoms with Gasteiger partial charge in [0.05, 0.1) is 6.54 Å². The summed E-state index contributed by atoms with van der Waals surface area (Å²) in [6.07, 6.45) is 2.92. The molecule has 1 saturated carbocycles. The molecule has 17 heavy (non-hydrogen) atoms. The van der Waals surface area contributed by atoms with Gasteiger partial charge in [0.1, 0.15) is 0 Å². The van der Waals surface area contributed by atoms with Gasteiger partial charge in [-0.2, -0.15) is 0 Å². The lowest BCUT2D eigenvalue weighted by atomic mass is 9.91. The highest BCUT2D eigenvalue weighted by molar-refractivity contribution is 9.10. The van der Waals surface area contributed by atoms with Crippen molar-refractivity contribution in [2.45, 2.75) is 25.0 Å². The topological polar surface area (TPSA) is 61.6 Å². The Kier molecular flexibility index (Phi) is 2.41. The number of carbonyl (C=O) groups is 1. The zero-order valence-corrected chi connectivity index (χ0v) is 10.7. The Labute approximate surface area is 107 Å². The molecule has 1 heterocycles. The van der Waals surface area contributed by atoms with Gasteiger partial charge in [-0.15, -0.1) is 0 Å². The fourth-order valence-corrected chi connectivity index (χ4v) is 2.65. The molecule has 1 aliphatic heterocycles. The van der Waals surface area contributed by atoms with E-state index in [9.17, 15) is 4.79 Å². The lowest BCUT2D eigenvalue weighted by Gasteiger charge is -2.35. The van der Waals surface area contributed by atoms with E-state index in [1.165, 1.54) is 0 Å². The van der Waals surface area contributed by atoms with E-state index in [4.69, 9.17) is 15.2 Å². The second-order valence-corrected chi connectivity index (χ2v) is 5.23. The van der Waals surface area contributed by atoms with Crippen LogP contribution in [0.3, 0.4) is 0 Å². The van der Waals surface area contributed by atoms with Gasteiger partial charge >= 0.3 is 0 Å². The number of hydrogen-bond donors (Lipinski definition) is 1. The van der Waals surface area contributed by atoms with Gasteiger partial charge in [-0.1, -0.05) is 0 Å². The smallest absolute Gasteiger partial charge is 0.251 e. The molecule has 1 aliphatic carbocycles. The van der Waals surface area contributed by atoms with Gasteiger partial charge in [0.15, 0.2) is 17.3 Å². The molecule has 0 radical (unpaired) electrons. The summed E-state index contributed by atoms with van der Waals surface area (Å²) in [5.74, 6) is 0.763. The van der Waals surface area contributed by atoms with Crippen LogP contribution in [0, 0.1) is 0 Å². The van der Waals surface area contributed by atoms with Crippen LogP contribution in [0.1, 0.15) is 29.6 Å². The van der Waals surface area contributed by atoms with Crippen LogP contribution in [0.5, 0.6) is 11.5 Å². The Balaban J connectivity index is 1.98. The molecular weight excluding hydrogens is 286 g/mol. The molecule has 1 spiro atoms. The second kappa shape index (κ2) is 3.71. The minimum absolute atomic E-state index is 0.0105. The average molecular weight is 298 g/mol. The van der Waals surface area contributed by atoms with Crippen LogP contribution in [0.25, 0.3) is 0 Å². The number of fused-ring (bicyclic) bond motifs is 1. The summed E-state index contributed by atoms with van der Waals surface area (Å²) in [5.41, 5.74) is 5.91. The van der Waals surface area contributed by atoms with Crippen LogP contribution in [0.15, 0.2) is 16.6 Å². The van der Waals surface area contributed by atoms with Gasteiger partial charge in [0.2, 0.25) is 0 Å². The summed E-state index contributed by atoms with van der Waals surface area (Å²) >= 11 is 3.36. The van der Waals surface area contributed by atoms with E-state index in [1.807, 2.05) is 0 Å². The lowest BCUT2D eigenvalue weighted by molar-refractivity contribution is -0.138. The summed E-state index contributed by atoms with van der Waals surface area (Å²) in [7, 11) is 0. The van der Waals surface area contributed by atoms with Crippen molar-refractivity contribution in [1.82, 2.24) is 0 Å². The zero-order chi connectivity index (χ0) is 12.0. The van der Waals surface area contributed by atoms with Crippen LogP contribution < -0.4 is 15.2 Å². The standard InChI is InChI=1S/C12H12BrNO3/c13-8-5-11-10(4-7(8)9(15)6-14)16-12(17-11)2-1-3-12/h4-5H,1-3,6,14H2. The molecular formula is C12H12BrNO3. The van der Waals surface area contributed by atoms with Gasteiger partial charge < -0.3 is 15.2 Å². The van der Waals surface area contributed by atoms with Crippen molar-refractivity contribution in [2.24, 2.45) is 5.73 Å². The van der Waals surface area contributed by atoms with Crippen molar-refractivity contribution in [3.05, 3.63) is 22.2 Å². The molecule has 90 valence electrons. The van der Waals surface area contributed by atoms with E-state index in [1.54, 1.807) is 12.1 Å². The number of ether oxygens (including phenoxy) is 2. The van der Waals surface area contributed by atoms with Gasteiger partial charge in [0.25, 0.3) is 5.79 Å². The average Bonchev–Trinajstić information content (AvgIpc) is 2.65. The van der Waals surface area contributed by atoms with Crippen LogP contribution in [-0.2, 0) is 0 Å². The van der Waals surface area contributed by atoms with Gasteiger partial charge in [-0.3, -0.25) is 4.79 Å². The number of benzene rings is 1. The number of halogens is 1. The van der Waals surface area contributed by atoms with E-state index < -0.39 is 5.79 Å². The Bertz CT molecular complexity index is 497. The van der Waals surface area contributed by atoms with Crippen molar-refractivity contribution in [3.63, 3.8) is 0 Å². The third kappa shape index (κ3) is 1.65. The fourth-order valence-electron chi connectivity index (χ4n) is 2.11. The van der Waals surface area contributed by atoms with Crippen LogP contribution in [-0.4, -0.2) is 18.1 Å². The van der Waals surface area contributed by atoms with E-state index in [-0.39, 0.29) is 12.3 Å². The van der Waals surface area contributed by atoms with Crippen LogP contribution >= 0.6 is 15.9 Å². The maximum Gasteiger partial charge on any atom is 0.251 e. The van der Waals surface area contributed by atoms with Gasteiger partial charge in [0, 0.05) is 22.9 Å². The molecule has 5 heteroatoms. The Morgan fingerprint density at radius 1 is 1.35 bits per heavy atom. The predicted octanol–water partition coefficient (Wildman–Crippen LogP) is 2.24. The molecule has 2 N–H and O–H groups in total. The third-order valence-electron chi connectivity index (χ3n) is 3.23. The number of Topliss-reactive ketones (excluding diaryl/α,β-unsaturated/α-hetero) is 1. The maximum absolute atomic E-state index is 11.6. The highest BCUT2D eigenvalue weighted by Crippen LogP contribution is 2.49. The zero-order valence-electron chi connectivity index (χ0n) is 9.16. The summed E-state index contributed by atoms with van der Waals surface area (Å²) in [6.45, 7) is -0.0105. The molecule has 2 aliphatic rings. The minimum Gasteiger partial charge on any atom is -0.448 e. The quantitative estimate of drug-likeness (QED) is 0.851. The first-order valence-corrected chi connectivity index (χ1v) is 6.38. The van der Waals surface area contributed by atoms with Crippen LogP contribution in [0.4, 0.5) is 0 Å². The molecule has 0 saturated heterocycles. The number of rotatable bonds is 2. The normalized spacial score (nSPS) is 19.2. The largest absolute Gasteiger partial charge is 0.448 e. The summed E-state index contributed by atoms with van der Waals surface area (Å²) in [4.78, 5) is 11.6. The minimum atomic E-state index is -0.466. The second-order valence-electron chi connectivity index (χ2n) is 4.37. The summed E-state index contributed by atoms with van der Waals surface area (Å²) in [6, 6.07) is 3.49. The summed E-state index contributed by atoms with van der Waals surface area (Å²) in [5, 5.41) is 0. The summed E-state index contributed by atoms with van der Waals surface area (Å²) < 4.78 is 12.3. The molecule has 1 fully saturated rings. The highest BCUT2D eigenvalue weighted by Gasteiger charge is 2.47. The number of hydrogen-bond acceptors (Lipinski definition) is 4. The number of ketones is 1. The first-order valence-electron chi connectivity index (χ1n) is 5.58. The molecule has 4 nitrogen and oxygen atoms in total. The Morgan fingerprint density at radius 2 is 2.00 bits per heavy atom. The van der Waals surface area contributed by atoms with Crippen molar-refractivity contribution < 1.29 is 14.3 Å². The molecule has 0 aromatic heterocycles. The van der Waals surface area contributed by atoms with Crippen molar-refractivity contribution in [2.75, 3.05) is 6.54 Å². The first-order chi connectivity index (χ1) is 8.13. The monoisotopic (exact) mass is 297 g/mol. The molecule has 0 unspecified atom stereocenters. The van der Waals surface area contributed by atoms with Crippen molar-refractivity contribution >= 4 is 21.7 Å².